The summed E-state index contributed by atoms with van der Waals surface area (Å²) < 4.78 is 11.8. The summed E-state index contributed by atoms with van der Waals surface area (Å²) in [5.41, 5.74) is 0. The molecule has 78 valence electrons. The third-order valence-corrected chi connectivity index (χ3v) is 2.94. The van der Waals surface area contributed by atoms with E-state index in [2.05, 4.69) is 5.32 Å². The fourth-order valence-electron chi connectivity index (χ4n) is 2.10. The van der Waals surface area contributed by atoms with Crippen LogP contribution in [0.15, 0.2) is 0 Å². The second kappa shape index (κ2) is 6.33. The molecule has 0 aromatic carbocycles. The molecule has 1 aliphatic carbocycles. The van der Waals surface area contributed by atoms with Crippen molar-refractivity contribution in [2.45, 2.75) is 25.7 Å². The van der Waals surface area contributed by atoms with Gasteiger partial charge >= 0.3 is 0 Å². The van der Waals surface area contributed by atoms with Crippen molar-refractivity contribution < 1.29 is 9.50 Å². The minimum atomic E-state index is -0.235. The third-order valence-electron chi connectivity index (χ3n) is 2.94. The van der Waals surface area contributed by atoms with Crippen molar-refractivity contribution in [2.75, 3.05) is 26.4 Å². The Kier molecular flexibility index (Phi) is 5.32. The summed E-state index contributed by atoms with van der Waals surface area (Å²) in [7, 11) is 0. The molecule has 2 N–H and O–H groups in total. The predicted molar refractivity (Wildman–Crippen MR) is 51.4 cm³/mol. The Balaban J connectivity index is 2.06. The average molecular weight is 189 g/mol. The normalized spacial score (nSPS) is 28.2. The van der Waals surface area contributed by atoms with E-state index in [1.54, 1.807) is 0 Å². The topological polar surface area (TPSA) is 32.3 Å². The number of aliphatic hydroxyl groups is 1. The van der Waals surface area contributed by atoms with Gasteiger partial charge in [-0.25, -0.2) is 0 Å². The Hall–Kier alpha value is -0.150. The summed E-state index contributed by atoms with van der Waals surface area (Å²) in [6, 6.07) is 0. The Morgan fingerprint density at radius 3 is 2.77 bits per heavy atom. The van der Waals surface area contributed by atoms with Crippen LogP contribution >= 0.6 is 0 Å². The third kappa shape index (κ3) is 3.61. The monoisotopic (exact) mass is 189 g/mol. The SMILES string of the molecule is OCC1CCCC1CNCCCF. The molecule has 1 aliphatic rings. The van der Waals surface area contributed by atoms with Gasteiger partial charge in [0.15, 0.2) is 0 Å². The van der Waals surface area contributed by atoms with Crippen LogP contribution in [-0.4, -0.2) is 31.5 Å². The standard InChI is InChI=1S/C10H20FNO/c11-5-2-6-12-7-9-3-1-4-10(9)8-13/h9-10,12-13H,1-8H2. The van der Waals surface area contributed by atoms with Crippen LogP contribution in [0.4, 0.5) is 4.39 Å². The maximum absolute atomic E-state index is 11.8. The zero-order chi connectivity index (χ0) is 9.52. The van der Waals surface area contributed by atoms with Crippen LogP contribution in [-0.2, 0) is 0 Å². The summed E-state index contributed by atoms with van der Waals surface area (Å²) in [5.74, 6) is 1.10. The van der Waals surface area contributed by atoms with Crippen LogP contribution < -0.4 is 5.32 Å². The highest BCUT2D eigenvalue weighted by Gasteiger charge is 2.25. The van der Waals surface area contributed by atoms with Crippen LogP contribution in [0.5, 0.6) is 0 Å². The van der Waals surface area contributed by atoms with Gasteiger partial charge in [0.05, 0.1) is 6.67 Å². The molecule has 0 spiro atoms. The number of nitrogens with one attached hydrogen (secondary N) is 1. The Bertz CT molecular complexity index is 132. The molecule has 1 saturated carbocycles. The lowest BCUT2D eigenvalue weighted by molar-refractivity contribution is 0.192. The summed E-state index contributed by atoms with van der Waals surface area (Å²) >= 11 is 0. The van der Waals surface area contributed by atoms with Gasteiger partial charge in [0, 0.05) is 6.61 Å². The molecule has 2 unspecified atom stereocenters. The van der Waals surface area contributed by atoms with Gasteiger partial charge in [0.25, 0.3) is 0 Å². The van der Waals surface area contributed by atoms with Gasteiger partial charge in [-0.15, -0.1) is 0 Å². The number of aliphatic hydroxyl groups excluding tert-OH is 1. The van der Waals surface area contributed by atoms with E-state index in [1.165, 1.54) is 12.8 Å². The highest BCUT2D eigenvalue weighted by atomic mass is 19.1. The number of hydrogen-bond acceptors (Lipinski definition) is 2. The molecule has 0 aromatic heterocycles. The van der Waals surface area contributed by atoms with Gasteiger partial charge in [0.2, 0.25) is 0 Å². The van der Waals surface area contributed by atoms with Crippen LogP contribution in [0.1, 0.15) is 25.7 Å². The lowest BCUT2D eigenvalue weighted by Gasteiger charge is -2.17. The van der Waals surface area contributed by atoms with Crippen LogP contribution in [0, 0.1) is 11.8 Å². The smallest absolute Gasteiger partial charge is 0.0906 e. The van der Waals surface area contributed by atoms with Crippen LogP contribution in [0.3, 0.4) is 0 Å². The number of alkyl halides is 1. The Morgan fingerprint density at radius 2 is 2.08 bits per heavy atom. The van der Waals surface area contributed by atoms with Crippen molar-refractivity contribution in [2.24, 2.45) is 11.8 Å². The maximum Gasteiger partial charge on any atom is 0.0906 e. The molecular weight excluding hydrogens is 169 g/mol. The molecule has 2 atom stereocenters. The summed E-state index contributed by atoms with van der Waals surface area (Å²) in [6.45, 7) is 1.80. The Morgan fingerprint density at radius 1 is 1.31 bits per heavy atom. The fraction of sp³-hybridized carbons (Fsp3) is 1.00. The van der Waals surface area contributed by atoms with E-state index < -0.39 is 0 Å². The molecule has 0 aliphatic heterocycles. The lowest BCUT2D eigenvalue weighted by Crippen LogP contribution is -2.27. The molecule has 1 fully saturated rings. The van der Waals surface area contributed by atoms with Crippen LogP contribution in [0.25, 0.3) is 0 Å². The first-order valence-corrected chi connectivity index (χ1v) is 5.26. The fourth-order valence-corrected chi connectivity index (χ4v) is 2.10. The van der Waals surface area contributed by atoms with Crippen molar-refractivity contribution in [3.8, 4) is 0 Å². The highest BCUT2D eigenvalue weighted by molar-refractivity contribution is 4.78. The first kappa shape index (κ1) is 10.9. The molecule has 0 amide bonds. The quantitative estimate of drug-likeness (QED) is 0.618. The maximum atomic E-state index is 11.8. The molecule has 0 aromatic rings. The van der Waals surface area contributed by atoms with Gasteiger partial charge in [0.1, 0.15) is 0 Å². The largest absolute Gasteiger partial charge is 0.396 e. The van der Waals surface area contributed by atoms with E-state index in [-0.39, 0.29) is 6.67 Å². The van der Waals surface area contributed by atoms with Gasteiger partial charge in [-0.1, -0.05) is 6.42 Å². The zero-order valence-corrected chi connectivity index (χ0v) is 8.14. The summed E-state index contributed by atoms with van der Waals surface area (Å²) in [4.78, 5) is 0. The lowest BCUT2D eigenvalue weighted by atomic mass is 9.97. The van der Waals surface area contributed by atoms with Gasteiger partial charge in [-0.3, -0.25) is 4.39 Å². The van der Waals surface area contributed by atoms with Gasteiger partial charge < -0.3 is 10.4 Å². The molecule has 0 heterocycles. The molecule has 0 radical (unpaired) electrons. The number of halogens is 1. The van der Waals surface area contributed by atoms with E-state index in [0.717, 1.165) is 19.5 Å². The first-order valence-electron chi connectivity index (χ1n) is 5.26. The van der Waals surface area contributed by atoms with Crippen molar-refractivity contribution in [1.29, 1.82) is 0 Å². The first-order chi connectivity index (χ1) is 6.38. The predicted octanol–water partition coefficient (Wildman–Crippen LogP) is 1.34. The zero-order valence-electron chi connectivity index (χ0n) is 8.14. The molecule has 0 bridgehead atoms. The van der Waals surface area contributed by atoms with E-state index in [9.17, 15) is 4.39 Å². The van der Waals surface area contributed by atoms with Crippen molar-refractivity contribution in [3.05, 3.63) is 0 Å². The van der Waals surface area contributed by atoms with E-state index >= 15 is 0 Å². The molecule has 3 heteroatoms. The Labute approximate surface area is 79.5 Å². The second-order valence-electron chi connectivity index (χ2n) is 3.88. The van der Waals surface area contributed by atoms with Gasteiger partial charge in [-0.2, -0.15) is 0 Å². The van der Waals surface area contributed by atoms with E-state index in [0.29, 0.717) is 24.9 Å². The van der Waals surface area contributed by atoms with E-state index in [1.807, 2.05) is 0 Å². The van der Waals surface area contributed by atoms with Crippen molar-refractivity contribution in [3.63, 3.8) is 0 Å². The highest BCUT2D eigenvalue weighted by Crippen LogP contribution is 2.30. The summed E-state index contributed by atoms with van der Waals surface area (Å²) in [5, 5.41) is 12.3. The molecule has 2 nitrogen and oxygen atoms in total. The van der Waals surface area contributed by atoms with Gasteiger partial charge in [-0.05, 0) is 44.2 Å². The average Bonchev–Trinajstić information content (AvgIpc) is 2.60. The molecule has 0 saturated heterocycles. The van der Waals surface area contributed by atoms with Crippen LogP contribution in [0.2, 0.25) is 0 Å². The molecule has 13 heavy (non-hydrogen) atoms. The molecular formula is C10H20FNO. The number of rotatable bonds is 6. The summed E-state index contributed by atoms with van der Waals surface area (Å²) in [6.07, 6.45) is 4.22. The van der Waals surface area contributed by atoms with Crippen molar-refractivity contribution >= 4 is 0 Å². The second-order valence-corrected chi connectivity index (χ2v) is 3.88. The minimum Gasteiger partial charge on any atom is -0.396 e. The van der Waals surface area contributed by atoms with E-state index in [4.69, 9.17) is 5.11 Å². The minimum absolute atomic E-state index is 0.235. The molecule has 1 rings (SSSR count). The van der Waals surface area contributed by atoms with Crippen molar-refractivity contribution in [1.82, 2.24) is 5.32 Å². The number of hydrogen-bond donors (Lipinski definition) is 2.